The second-order valence-electron chi connectivity index (χ2n) is 16.3. The number of piperidine rings is 1. The number of sulfone groups is 1. The van der Waals surface area contributed by atoms with Crippen LogP contribution < -0.4 is 21.3 Å². The number of amides is 4. The normalized spacial score (nSPS) is 27.0. The van der Waals surface area contributed by atoms with Crippen molar-refractivity contribution in [3.8, 4) is 0 Å². The van der Waals surface area contributed by atoms with E-state index in [0.717, 1.165) is 38.5 Å². The van der Waals surface area contributed by atoms with E-state index >= 15 is 0 Å². The van der Waals surface area contributed by atoms with E-state index in [-0.39, 0.29) is 35.5 Å². The number of aliphatic hydroxyl groups excluding tert-OH is 1. The van der Waals surface area contributed by atoms with Crippen LogP contribution in [0.1, 0.15) is 92.4 Å². The predicted octanol–water partition coefficient (Wildman–Crippen LogP) is 2.27. The Labute approximate surface area is 280 Å². The number of hydrogen-bond acceptors (Lipinski definition) is 8. The zero-order valence-corrected chi connectivity index (χ0v) is 29.9. The van der Waals surface area contributed by atoms with Gasteiger partial charge in [0.1, 0.15) is 21.9 Å². The largest absolute Gasteiger partial charge is 0.371 e. The minimum absolute atomic E-state index is 0.0811. The molecule has 12 nitrogen and oxygen atoms in total. The standard InChI is InChI=1S/C34H57N5O7S/c1-8-17-35-29(42)26(40)23(18-21-13-12-14-21)36-28(41)25-24-22(33(24,5)6)19-39(25)30(43)27(32(2,3)4)37-31(44)38-34(20-47(7,45)46)15-10-9-11-16-34/h8,21-25,27,29,35,42H,1,9-20H2,2-7H3,(H,36,41)(H2,37,38,44)/t22-,23?,24?,25+,27-,29?/m1/s1. The monoisotopic (exact) mass is 679 g/mol. The number of carbonyl (C=O) groups is 4. The van der Waals surface area contributed by atoms with Crippen molar-refractivity contribution in [2.24, 2.45) is 28.6 Å². The van der Waals surface area contributed by atoms with E-state index < -0.39 is 68.8 Å². The highest BCUT2D eigenvalue weighted by Crippen LogP contribution is 2.65. The molecular weight excluding hydrogens is 622 g/mol. The summed E-state index contributed by atoms with van der Waals surface area (Å²) in [7, 11) is -3.39. The Balaban J connectivity index is 1.54. The molecule has 0 radical (unpaired) electrons. The second kappa shape index (κ2) is 14.2. The van der Waals surface area contributed by atoms with Crippen molar-refractivity contribution in [3.63, 3.8) is 0 Å². The average Bonchev–Trinajstić information content (AvgIpc) is 3.25. The van der Waals surface area contributed by atoms with Gasteiger partial charge in [-0.2, -0.15) is 0 Å². The molecule has 3 aliphatic carbocycles. The number of carbonyl (C=O) groups excluding carboxylic acids is 4. The zero-order valence-electron chi connectivity index (χ0n) is 29.1. The Bertz CT molecular complexity index is 1320. The molecule has 47 heavy (non-hydrogen) atoms. The fourth-order valence-electron chi connectivity index (χ4n) is 8.12. The summed E-state index contributed by atoms with van der Waals surface area (Å²) in [6.45, 7) is 13.8. The molecule has 1 heterocycles. The Morgan fingerprint density at radius 3 is 2.21 bits per heavy atom. The number of fused-ring (bicyclic) bond motifs is 1. The number of nitrogens with zero attached hydrogens (tertiary/aromatic N) is 1. The van der Waals surface area contributed by atoms with Crippen LogP contribution >= 0.6 is 0 Å². The van der Waals surface area contributed by atoms with E-state index in [2.05, 4.69) is 41.7 Å². The summed E-state index contributed by atoms with van der Waals surface area (Å²) >= 11 is 0. The van der Waals surface area contributed by atoms with Gasteiger partial charge in [-0.3, -0.25) is 19.7 Å². The first-order valence-corrected chi connectivity index (χ1v) is 19.3. The lowest BCUT2D eigenvalue weighted by Crippen LogP contribution is -2.64. The van der Waals surface area contributed by atoms with Crippen molar-refractivity contribution >= 4 is 33.5 Å². The molecule has 0 spiro atoms. The lowest BCUT2D eigenvalue weighted by Gasteiger charge is -2.40. The Morgan fingerprint density at radius 2 is 1.68 bits per heavy atom. The molecule has 0 aromatic heterocycles. The molecule has 13 heteroatoms. The van der Waals surface area contributed by atoms with Crippen LogP contribution in [0.25, 0.3) is 0 Å². The number of hydrogen-bond donors (Lipinski definition) is 5. The molecule has 3 unspecified atom stereocenters. The lowest BCUT2D eigenvalue weighted by molar-refractivity contribution is -0.145. The first kappa shape index (κ1) is 37.3. The van der Waals surface area contributed by atoms with Crippen LogP contribution in [0, 0.1) is 28.6 Å². The third kappa shape index (κ3) is 8.75. The average molecular weight is 680 g/mol. The first-order valence-electron chi connectivity index (χ1n) is 17.2. The van der Waals surface area contributed by atoms with Crippen LogP contribution in [0.5, 0.6) is 0 Å². The first-order chi connectivity index (χ1) is 21.8. The minimum Gasteiger partial charge on any atom is -0.371 e. The van der Waals surface area contributed by atoms with Crippen molar-refractivity contribution < 1.29 is 32.7 Å². The molecule has 4 amide bonds. The van der Waals surface area contributed by atoms with E-state index in [1.165, 1.54) is 12.3 Å². The molecule has 0 bridgehead atoms. The van der Waals surface area contributed by atoms with Gasteiger partial charge in [-0.25, -0.2) is 13.2 Å². The molecule has 0 aromatic carbocycles. The van der Waals surface area contributed by atoms with Crippen molar-refractivity contribution in [1.29, 1.82) is 0 Å². The van der Waals surface area contributed by atoms with Crippen LogP contribution in [0.3, 0.4) is 0 Å². The van der Waals surface area contributed by atoms with Gasteiger partial charge in [0.2, 0.25) is 11.8 Å². The van der Waals surface area contributed by atoms with E-state index in [1.807, 2.05) is 20.8 Å². The number of likely N-dealkylation sites (tertiary alicyclic amines) is 1. The molecule has 3 saturated carbocycles. The highest BCUT2D eigenvalue weighted by molar-refractivity contribution is 7.90. The van der Waals surface area contributed by atoms with Gasteiger partial charge in [0.05, 0.1) is 17.3 Å². The summed E-state index contributed by atoms with van der Waals surface area (Å²) in [5.74, 6) is -1.30. The van der Waals surface area contributed by atoms with Gasteiger partial charge >= 0.3 is 6.03 Å². The minimum atomic E-state index is -3.39. The molecule has 4 rings (SSSR count). The predicted molar refractivity (Wildman–Crippen MR) is 180 cm³/mol. The summed E-state index contributed by atoms with van der Waals surface area (Å²) in [5.41, 5.74) is -1.83. The number of urea groups is 1. The van der Waals surface area contributed by atoms with Gasteiger partial charge in [0.15, 0.2) is 12.0 Å². The van der Waals surface area contributed by atoms with Gasteiger partial charge in [-0.1, -0.05) is 79.2 Å². The summed E-state index contributed by atoms with van der Waals surface area (Å²) in [6, 6.07) is -3.37. The molecule has 266 valence electrons. The molecule has 6 atom stereocenters. The smallest absolute Gasteiger partial charge is 0.315 e. The van der Waals surface area contributed by atoms with Crippen LogP contribution in [0.2, 0.25) is 0 Å². The van der Waals surface area contributed by atoms with Gasteiger partial charge in [0.25, 0.3) is 0 Å². The highest BCUT2D eigenvalue weighted by atomic mass is 32.2. The number of ketones is 1. The molecule has 1 saturated heterocycles. The number of Topliss-reactive ketones (excluding diaryl/α,β-unsaturated/α-hetero) is 1. The van der Waals surface area contributed by atoms with Crippen LogP contribution in [0.4, 0.5) is 4.79 Å². The molecule has 5 N–H and O–H groups in total. The quantitative estimate of drug-likeness (QED) is 0.137. The van der Waals surface area contributed by atoms with Crippen molar-refractivity contribution in [2.45, 2.75) is 122 Å². The van der Waals surface area contributed by atoms with Crippen LogP contribution in [-0.4, -0.2) is 97.0 Å². The van der Waals surface area contributed by atoms with E-state index in [0.29, 0.717) is 25.8 Å². The highest BCUT2D eigenvalue weighted by Gasteiger charge is 2.70. The Hall–Kier alpha value is -2.51. The van der Waals surface area contributed by atoms with Gasteiger partial charge in [-0.15, -0.1) is 6.58 Å². The molecule has 4 fully saturated rings. The zero-order chi connectivity index (χ0) is 34.9. The van der Waals surface area contributed by atoms with E-state index in [4.69, 9.17) is 0 Å². The van der Waals surface area contributed by atoms with Gasteiger partial charge < -0.3 is 26.0 Å². The third-order valence-electron chi connectivity index (χ3n) is 11.1. The SMILES string of the molecule is C=CCNC(O)C(=O)C(CC1CCC1)NC(=O)[C@@H]1C2[C@@H](CN1C(=O)[C@@H](NC(=O)NC1(CS(C)(=O)=O)CCCCC1)C(C)(C)C)C2(C)C. The number of aliphatic hydroxyl groups is 1. The maximum absolute atomic E-state index is 14.4. The van der Waals surface area contributed by atoms with Gasteiger partial charge in [-0.05, 0) is 47.8 Å². The fraction of sp³-hybridized carbons (Fsp3) is 0.824. The summed E-state index contributed by atoms with van der Waals surface area (Å²) in [6.07, 6.45) is 8.24. The van der Waals surface area contributed by atoms with E-state index in [1.54, 1.807) is 4.90 Å². The lowest BCUT2D eigenvalue weighted by atomic mass is 9.80. The second-order valence-corrected chi connectivity index (χ2v) is 18.4. The molecular formula is C34H57N5O7S. The molecule has 4 aliphatic rings. The number of nitrogens with one attached hydrogen (secondary N) is 4. The third-order valence-corrected chi connectivity index (χ3v) is 12.1. The molecule has 0 aromatic rings. The summed E-state index contributed by atoms with van der Waals surface area (Å²) < 4.78 is 24.6. The Kier molecular flexibility index (Phi) is 11.2. The topological polar surface area (TPSA) is 174 Å². The maximum atomic E-state index is 14.4. The Morgan fingerprint density at radius 1 is 1.04 bits per heavy atom. The van der Waals surface area contributed by atoms with Crippen molar-refractivity contribution in [2.75, 3.05) is 25.1 Å². The van der Waals surface area contributed by atoms with Crippen LogP contribution in [0.15, 0.2) is 12.7 Å². The van der Waals surface area contributed by atoms with Gasteiger partial charge in [0, 0.05) is 19.3 Å². The molecule has 1 aliphatic heterocycles. The maximum Gasteiger partial charge on any atom is 0.315 e. The van der Waals surface area contributed by atoms with Crippen LogP contribution in [-0.2, 0) is 24.2 Å². The van der Waals surface area contributed by atoms with Crippen molar-refractivity contribution in [3.05, 3.63) is 12.7 Å². The van der Waals surface area contributed by atoms with E-state index in [9.17, 15) is 32.7 Å². The fourth-order valence-corrected chi connectivity index (χ4v) is 9.49. The summed E-state index contributed by atoms with van der Waals surface area (Å²) in [4.78, 5) is 56.9. The van der Waals surface area contributed by atoms with Crippen molar-refractivity contribution in [1.82, 2.24) is 26.2 Å². The number of rotatable bonds is 14. The summed E-state index contributed by atoms with van der Waals surface area (Å²) in [5, 5.41) is 22.0.